The van der Waals surface area contributed by atoms with Crippen LogP contribution < -0.4 is 10.6 Å². The minimum Gasteiger partial charge on any atom is -0.389 e. The number of guanidine groups is 1. The molecule has 0 aromatic heterocycles. The molecule has 0 rings (SSSR count). The quantitative estimate of drug-likeness (QED) is 0.437. The summed E-state index contributed by atoms with van der Waals surface area (Å²) in [6.45, 7) is 13.5. The number of aliphatic hydroxyl groups excluding tert-OH is 1. The Bertz CT molecular complexity index is 243. The van der Waals surface area contributed by atoms with Crippen molar-refractivity contribution in [3.63, 3.8) is 0 Å². The number of aliphatic imine (C=N–C) groups is 1. The zero-order chi connectivity index (χ0) is 14.7. The van der Waals surface area contributed by atoms with Gasteiger partial charge < -0.3 is 20.5 Å². The average Bonchev–Trinajstić information content (AvgIpc) is 2.32. The van der Waals surface area contributed by atoms with Crippen LogP contribution in [0, 0.1) is 11.8 Å². The first-order valence-corrected chi connectivity index (χ1v) is 7.23. The van der Waals surface area contributed by atoms with Crippen molar-refractivity contribution < 1.29 is 9.84 Å². The third kappa shape index (κ3) is 12.0. The first-order chi connectivity index (χ1) is 8.95. The van der Waals surface area contributed by atoms with Crippen molar-refractivity contribution in [3.05, 3.63) is 0 Å². The zero-order valence-corrected chi connectivity index (χ0v) is 13.1. The van der Waals surface area contributed by atoms with Crippen molar-refractivity contribution in [2.75, 3.05) is 32.8 Å². The van der Waals surface area contributed by atoms with Crippen LogP contribution >= 0.6 is 0 Å². The molecule has 5 nitrogen and oxygen atoms in total. The predicted molar refractivity (Wildman–Crippen MR) is 80.5 cm³/mol. The number of hydrogen-bond donors (Lipinski definition) is 3. The van der Waals surface area contributed by atoms with Crippen LogP contribution in [0.1, 0.15) is 34.6 Å². The highest BCUT2D eigenvalue weighted by Crippen LogP contribution is 1.94. The van der Waals surface area contributed by atoms with Crippen molar-refractivity contribution in [3.8, 4) is 0 Å². The van der Waals surface area contributed by atoms with Gasteiger partial charge in [0.25, 0.3) is 0 Å². The van der Waals surface area contributed by atoms with Gasteiger partial charge in [-0.3, -0.25) is 4.99 Å². The van der Waals surface area contributed by atoms with E-state index in [1.165, 1.54) is 0 Å². The first kappa shape index (κ1) is 18.2. The number of aliphatic hydroxyl groups is 1. The van der Waals surface area contributed by atoms with Crippen molar-refractivity contribution in [2.45, 2.75) is 40.7 Å². The lowest BCUT2D eigenvalue weighted by molar-refractivity contribution is 0.0280. The van der Waals surface area contributed by atoms with Crippen LogP contribution in [0.4, 0.5) is 0 Å². The highest BCUT2D eigenvalue weighted by molar-refractivity contribution is 5.79. The van der Waals surface area contributed by atoms with E-state index in [0.29, 0.717) is 31.6 Å². The number of ether oxygens (including phenoxy) is 1. The molecule has 0 radical (unpaired) electrons. The Balaban J connectivity index is 3.92. The van der Waals surface area contributed by atoms with Crippen molar-refractivity contribution in [1.29, 1.82) is 0 Å². The Morgan fingerprint density at radius 1 is 1.11 bits per heavy atom. The Hall–Kier alpha value is -0.810. The van der Waals surface area contributed by atoms with E-state index in [1.54, 1.807) is 0 Å². The van der Waals surface area contributed by atoms with E-state index in [2.05, 4.69) is 43.3 Å². The second kappa shape index (κ2) is 11.1. The van der Waals surface area contributed by atoms with Gasteiger partial charge in [0.1, 0.15) is 0 Å². The van der Waals surface area contributed by atoms with Gasteiger partial charge in [-0.1, -0.05) is 27.7 Å². The van der Waals surface area contributed by atoms with E-state index >= 15 is 0 Å². The minimum atomic E-state index is -0.512. The molecule has 0 fully saturated rings. The largest absolute Gasteiger partial charge is 0.389 e. The molecule has 0 aliphatic rings. The van der Waals surface area contributed by atoms with Crippen LogP contribution in [0.25, 0.3) is 0 Å². The minimum absolute atomic E-state index is 0.356. The standard InChI is InChI=1S/C14H31N3O2/c1-6-15-14(16-7-11(2)3)17-8-13(18)10-19-9-12(4)5/h11-13,18H,6-10H2,1-5H3,(H2,15,16,17). The molecule has 0 aliphatic heterocycles. The summed E-state index contributed by atoms with van der Waals surface area (Å²) in [5.74, 6) is 1.76. The van der Waals surface area contributed by atoms with Crippen LogP contribution in [0.5, 0.6) is 0 Å². The van der Waals surface area contributed by atoms with Gasteiger partial charge in [0.05, 0.1) is 12.7 Å². The van der Waals surface area contributed by atoms with Gasteiger partial charge in [0.2, 0.25) is 0 Å². The maximum Gasteiger partial charge on any atom is 0.191 e. The highest BCUT2D eigenvalue weighted by Gasteiger charge is 2.06. The Kier molecular flexibility index (Phi) is 10.6. The fourth-order valence-corrected chi connectivity index (χ4v) is 1.33. The summed E-state index contributed by atoms with van der Waals surface area (Å²) in [7, 11) is 0. The third-order valence-corrected chi connectivity index (χ3v) is 2.23. The summed E-state index contributed by atoms with van der Waals surface area (Å²) in [4.78, 5) is 4.44. The fraction of sp³-hybridized carbons (Fsp3) is 0.929. The van der Waals surface area contributed by atoms with Gasteiger partial charge in [-0.15, -0.1) is 0 Å². The molecular formula is C14H31N3O2. The molecule has 1 unspecified atom stereocenters. The highest BCUT2D eigenvalue weighted by atomic mass is 16.5. The molecule has 0 saturated carbocycles. The maximum absolute atomic E-state index is 9.79. The van der Waals surface area contributed by atoms with E-state index in [9.17, 15) is 5.11 Å². The van der Waals surface area contributed by atoms with Crippen LogP contribution in [-0.2, 0) is 4.74 Å². The fourth-order valence-electron chi connectivity index (χ4n) is 1.33. The monoisotopic (exact) mass is 273 g/mol. The van der Waals surface area contributed by atoms with Gasteiger partial charge in [0.15, 0.2) is 5.96 Å². The van der Waals surface area contributed by atoms with E-state index in [1.807, 2.05) is 6.92 Å². The summed E-state index contributed by atoms with van der Waals surface area (Å²) in [6.07, 6.45) is -0.512. The molecular weight excluding hydrogens is 242 g/mol. The summed E-state index contributed by atoms with van der Waals surface area (Å²) in [5, 5.41) is 16.1. The molecule has 114 valence electrons. The third-order valence-electron chi connectivity index (χ3n) is 2.23. The number of hydrogen-bond acceptors (Lipinski definition) is 3. The average molecular weight is 273 g/mol. The van der Waals surface area contributed by atoms with Crippen LogP contribution in [0.3, 0.4) is 0 Å². The number of nitrogens with zero attached hydrogens (tertiary/aromatic N) is 1. The maximum atomic E-state index is 9.79. The van der Waals surface area contributed by atoms with Crippen LogP contribution in [0.15, 0.2) is 4.99 Å². The molecule has 0 aromatic rings. The first-order valence-electron chi connectivity index (χ1n) is 7.23. The SMILES string of the molecule is CCNC(=NCC(C)C)NCC(O)COCC(C)C. The van der Waals surface area contributed by atoms with Gasteiger partial charge in [-0.05, 0) is 18.8 Å². The summed E-state index contributed by atoms with van der Waals surface area (Å²) < 4.78 is 5.40. The topological polar surface area (TPSA) is 65.9 Å². The lowest BCUT2D eigenvalue weighted by atomic mass is 10.2. The van der Waals surface area contributed by atoms with Crippen molar-refractivity contribution in [2.24, 2.45) is 16.8 Å². The number of nitrogens with one attached hydrogen (secondary N) is 2. The molecule has 1 atom stereocenters. The Morgan fingerprint density at radius 3 is 2.32 bits per heavy atom. The Morgan fingerprint density at radius 2 is 1.79 bits per heavy atom. The normalized spacial score (nSPS) is 14.0. The van der Waals surface area contributed by atoms with Crippen LogP contribution in [0.2, 0.25) is 0 Å². The van der Waals surface area contributed by atoms with Gasteiger partial charge in [0, 0.05) is 26.2 Å². The number of rotatable bonds is 9. The van der Waals surface area contributed by atoms with E-state index in [-0.39, 0.29) is 0 Å². The lowest BCUT2D eigenvalue weighted by Gasteiger charge is -2.16. The molecule has 0 heterocycles. The molecule has 19 heavy (non-hydrogen) atoms. The zero-order valence-electron chi connectivity index (χ0n) is 13.1. The van der Waals surface area contributed by atoms with Gasteiger partial charge in [-0.2, -0.15) is 0 Å². The molecule has 0 aromatic carbocycles. The lowest BCUT2D eigenvalue weighted by Crippen LogP contribution is -2.42. The molecule has 0 aliphatic carbocycles. The molecule has 0 amide bonds. The molecule has 0 bridgehead atoms. The molecule has 5 heteroatoms. The smallest absolute Gasteiger partial charge is 0.191 e. The van der Waals surface area contributed by atoms with Crippen molar-refractivity contribution in [1.82, 2.24) is 10.6 Å². The Labute approximate surface area is 117 Å². The summed E-state index contributed by atoms with van der Waals surface area (Å²) >= 11 is 0. The van der Waals surface area contributed by atoms with Gasteiger partial charge in [-0.25, -0.2) is 0 Å². The molecule has 3 N–H and O–H groups in total. The summed E-state index contributed by atoms with van der Waals surface area (Å²) in [5.41, 5.74) is 0. The van der Waals surface area contributed by atoms with Gasteiger partial charge >= 0.3 is 0 Å². The van der Waals surface area contributed by atoms with Crippen LogP contribution in [-0.4, -0.2) is 50.0 Å². The van der Waals surface area contributed by atoms with E-state index < -0.39 is 6.10 Å². The predicted octanol–water partition coefficient (Wildman–Crippen LogP) is 1.23. The second-order valence-corrected chi connectivity index (χ2v) is 5.58. The van der Waals surface area contributed by atoms with Crippen molar-refractivity contribution >= 4 is 5.96 Å². The van der Waals surface area contributed by atoms with E-state index in [0.717, 1.165) is 19.0 Å². The molecule has 0 spiro atoms. The summed E-state index contributed by atoms with van der Waals surface area (Å²) in [6, 6.07) is 0. The molecule has 0 saturated heterocycles. The van der Waals surface area contributed by atoms with E-state index in [4.69, 9.17) is 4.74 Å². The second-order valence-electron chi connectivity index (χ2n) is 5.58.